The van der Waals surface area contributed by atoms with Crippen LogP contribution in [0.15, 0.2) is 36.4 Å². The summed E-state index contributed by atoms with van der Waals surface area (Å²) >= 11 is 5.33. The lowest BCUT2D eigenvalue weighted by atomic mass is 10.1. The third-order valence-electron chi connectivity index (χ3n) is 3.05. The average molecular weight is 285 g/mol. The molecular formula is C15H15N3OS. The van der Waals surface area contributed by atoms with Crippen LogP contribution in [0, 0.1) is 11.6 Å². The number of hydrogen-bond acceptors (Lipinski definition) is 3. The van der Waals surface area contributed by atoms with Crippen LogP contribution in [0.1, 0.15) is 12.6 Å². The molecule has 0 bridgehead atoms. The molecule has 3 rings (SSSR count). The highest BCUT2D eigenvalue weighted by atomic mass is 32.1. The van der Waals surface area contributed by atoms with Crippen molar-refractivity contribution in [2.45, 2.75) is 13.8 Å². The van der Waals surface area contributed by atoms with Gasteiger partial charge in [-0.25, -0.2) is 9.50 Å². The third kappa shape index (κ3) is 2.32. The Kier molecular flexibility index (Phi) is 3.28. The molecule has 1 N–H and O–H groups in total. The van der Waals surface area contributed by atoms with Crippen molar-refractivity contribution in [2.75, 3.05) is 6.61 Å². The summed E-state index contributed by atoms with van der Waals surface area (Å²) in [6, 6.07) is 11.8. The Morgan fingerprint density at radius 3 is 2.70 bits per heavy atom. The minimum absolute atomic E-state index is 0.671. The lowest BCUT2D eigenvalue weighted by Crippen LogP contribution is -1.93. The van der Waals surface area contributed by atoms with Gasteiger partial charge in [-0.1, -0.05) is 12.2 Å². The van der Waals surface area contributed by atoms with Crippen LogP contribution in [0.3, 0.4) is 0 Å². The Balaban J connectivity index is 2.05. The Bertz CT molecular complexity index is 802. The number of hydrogen-bond donors (Lipinski definition) is 1. The summed E-state index contributed by atoms with van der Waals surface area (Å²) in [6.45, 7) is 4.59. The van der Waals surface area contributed by atoms with Crippen molar-refractivity contribution in [1.82, 2.24) is 14.6 Å². The maximum atomic E-state index is 5.45. The molecule has 0 aliphatic rings. The van der Waals surface area contributed by atoms with E-state index in [9.17, 15) is 0 Å². The summed E-state index contributed by atoms with van der Waals surface area (Å²) in [7, 11) is 0. The maximum absolute atomic E-state index is 5.45. The first-order valence-corrected chi connectivity index (χ1v) is 6.91. The van der Waals surface area contributed by atoms with Crippen molar-refractivity contribution in [3.8, 4) is 17.0 Å². The monoisotopic (exact) mass is 285 g/mol. The molecule has 20 heavy (non-hydrogen) atoms. The first-order valence-electron chi connectivity index (χ1n) is 6.50. The molecule has 0 unspecified atom stereocenters. The van der Waals surface area contributed by atoms with Crippen LogP contribution in [0.2, 0.25) is 0 Å². The lowest BCUT2D eigenvalue weighted by Gasteiger charge is -2.03. The van der Waals surface area contributed by atoms with Crippen LogP contribution in [0.25, 0.3) is 16.9 Å². The normalized spacial score (nSPS) is 10.9. The van der Waals surface area contributed by atoms with E-state index in [1.54, 1.807) is 0 Å². The predicted molar refractivity (Wildman–Crippen MR) is 81.7 cm³/mol. The Morgan fingerprint density at radius 2 is 2.00 bits per heavy atom. The molecule has 102 valence electrons. The Labute approximate surface area is 122 Å². The number of aromatic nitrogens is 3. The average Bonchev–Trinajstić information content (AvgIpc) is 2.84. The van der Waals surface area contributed by atoms with Gasteiger partial charge in [0.25, 0.3) is 0 Å². The van der Waals surface area contributed by atoms with Crippen LogP contribution in [0.5, 0.6) is 5.75 Å². The molecule has 0 fully saturated rings. The maximum Gasteiger partial charge on any atom is 0.155 e. The summed E-state index contributed by atoms with van der Waals surface area (Å²) in [6.07, 6.45) is 0. The van der Waals surface area contributed by atoms with Crippen molar-refractivity contribution < 1.29 is 4.74 Å². The minimum atomic E-state index is 0.671. The van der Waals surface area contributed by atoms with Gasteiger partial charge in [0, 0.05) is 11.8 Å². The van der Waals surface area contributed by atoms with Gasteiger partial charge in [-0.3, -0.25) is 5.10 Å². The standard InChI is InChI=1S/C15H15N3OS/c1-3-19-12-6-4-11(5-7-12)13-9-14-16-10(2)8-15(20)18(14)17-13/h4-9,17H,3H2,1-2H3. The summed E-state index contributed by atoms with van der Waals surface area (Å²) in [4.78, 5) is 4.47. The summed E-state index contributed by atoms with van der Waals surface area (Å²) in [5.41, 5.74) is 3.81. The van der Waals surface area contributed by atoms with Crippen LogP contribution in [-0.2, 0) is 0 Å². The SMILES string of the molecule is CCOc1ccc(-c2cc3nc(C)cc(=S)n3[nH]2)cc1. The highest BCUT2D eigenvalue weighted by molar-refractivity contribution is 7.71. The fourth-order valence-electron chi connectivity index (χ4n) is 2.16. The number of aryl methyl sites for hydroxylation is 1. The van der Waals surface area contributed by atoms with Crippen LogP contribution in [0.4, 0.5) is 0 Å². The summed E-state index contributed by atoms with van der Waals surface area (Å²) in [5.74, 6) is 0.873. The molecule has 5 heteroatoms. The van der Waals surface area contributed by atoms with Crippen LogP contribution in [-0.4, -0.2) is 21.2 Å². The Hall–Kier alpha value is -2.14. The zero-order chi connectivity index (χ0) is 14.1. The van der Waals surface area contributed by atoms with Gasteiger partial charge in [0.15, 0.2) is 5.65 Å². The van der Waals surface area contributed by atoms with Crippen molar-refractivity contribution >= 4 is 17.9 Å². The fraction of sp³-hybridized carbons (Fsp3) is 0.200. The fourth-order valence-corrected chi connectivity index (χ4v) is 2.47. The molecule has 0 amide bonds. The van der Waals surface area contributed by atoms with Gasteiger partial charge < -0.3 is 4.74 Å². The number of aromatic amines is 1. The van der Waals surface area contributed by atoms with E-state index in [0.717, 1.165) is 33.0 Å². The van der Waals surface area contributed by atoms with Gasteiger partial charge in [0.1, 0.15) is 10.4 Å². The van der Waals surface area contributed by atoms with Gasteiger partial charge in [-0.05, 0) is 49.7 Å². The second-order valence-electron chi connectivity index (χ2n) is 4.56. The molecule has 0 aliphatic carbocycles. The number of benzene rings is 1. The molecule has 3 aromatic rings. The van der Waals surface area contributed by atoms with Crippen molar-refractivity contribution in [2.24, 2.45) is 0 Å². The molecule has 0 saturated heterocycles. The molecule has 0 radical (unpaired) electrons. The molecular weight excluding hydrogens is 270 g/mol. The lowest BCUT2D eigenvalue weighted by molar-refractivity contribution is 0.340. The number of ether oxygens (including phenoxy) is 1. The van der Waals surface area contributed by atoms with E-state index < -0.39 is 0 Å². The quantitative estimate of drug-likeness (QED) is 0.745. The molecule has 1 aromatic carbocycles. The molecule has 4 nitrogen and oxygen atoms in total. The van der Waals surface area contributed by atoms with Gasteiger partial charge >= 0.3 is 0 Å². The van der Waals surface area contributed by atoms with E-state index in [4.69, 9.17) is 17.0 Å². The molecule has 2 heterocycles. The van der Waals surface area contributed by atoms with E-state index in [1.165, 1.54) is 0 Å². The zero-order valence-corrected chi connectivity index (χ0v) is 12.2. The van der Waals surface area contributed by atoms with Crippen molar-refractivity contribution in [3.63, 3.8) is 0 Å². The number of nitrogens with one attached hydrogen (secondary N) is 1. The van der Waals surface area contributed by atoms with Crippen molar-refractivity contribution in [3.05, 3.63) is 46.7 Å². The third-order valence-corrected chi connectivity index (χ3v) is 3.36. The van der Waals surface area contributed by atoms with Gasteiger partial charge in [0.05, 0.1) is 12.3 Å². The predicted octanol–water partition coefficient (Wildman–Crippen LogP) is 3.77. The first-order chi connectivity index (χ1) is 9.67. The number of H-pyrrole nitrogens is 1. The van der Waals surface area contributed by atoms with Crippen LogP contribution >= 0.6 is 12.2 Å². The van der Waals surface area contributed by atoms with E-state index in [2.05, 4.69) is 10.1 Å². The zero-order valence-electron chi connectivity index (χ0n) is 11.4. The summed E-state index contributed by atoms with van der Waals surface area (Å²) in [5, 5.41) is 3.27. The number of rotatable bonds is 3. The van der Waals surface area contributed by atoms with E-state index in [-0.39, 0.29) is 0 Å². The Morgan fingerprint density at radius 1 is 1.25 bits per heavy atom. The second-order valence-corrected chi connectivity index (χ2v) is 4.97. The summed E-state index contributed by atoms with van der Waals surface area (Å²) < 4.78 is 7.99. The van der Waals surface area contributed by atoms with Gasteiger partial charge in [-0.15, -0.1) is 0 Å². The largest absolute Gasteiger partial charge is 0.494 e. The topological polar surface area (TPSA) is 42.3 Å². The van der Waals surface area contributed by atoms with Crippen LogP contribution < -0.4 is 4.74 Å². The smallest absolute Gasteiger partial charge is 0.155 e. The number of nitrogens with zero attached hydrogens (tertiary/aromatic N) is 2. The van der Waals surface area contributed by atoms with E-state index in [1.807, 2.05) is 54.8 Å². The van der Waals surface area contributed by atoms with E-state index in [0.29, 0.717) is 6.61 Å². The highest BCUT2D eigenvalue weighted by Gasteiger charge is 2.05. The van der Waals surface area contributed by atoms with Gasteiger partial charge in [-0.2, -0.15) is 0 Å². The molecule has 0 atom stereocenters. The molecule has 0 aliphatic heterocycles. The molecule has 0 saturated carbocycles. The first kappa shape index (κ1) is 12.9. The molecule has 0 spiro atoms. The second kappa shape index (κ2) is 5.09. The minimum Gasteiger partial charge on any atom is -0.494 e. The van der Waals surface area contributed by atoms with E-state index >= 15 is 0 Å². The highest BCUT2D eigenvalue weighted by Crippen LogP contribution is 2.22. The molecule has 2 aromatic heterocycles. The van der Waals surface area contributed by atoms with Gasteiger partial charge in [0.2, 0.25) is 0 Å². The van der Waals surface area contributed by atoms with Crippen molar-refractivity contribution in [1.29, 1.82) is 0 Å². The number of fused-ring (bicyclic) bond motifs is 1.